The number of fused-ring (bicyclic) bond motifs is 1. The molecule has 2 heterocycles. The van der Waals surface area contributed by atoms with E-state index in [4.69, 9.17) is 15.2 Å². The van der Waals surface area contributed by atoms with Crippen molar-refractivity contribution in [2.75, 3.05) is 12.3 Å². The van der Waals surface area contributed by atoms with Gasteiger partial charge in [0.15, 0.2) is 11.9 Å². The molecule has 1 aliphatic rings. The molecule has 1 unspecified atom stereocenters. The Labute approximate surface area is 121 Å². The van der Waals surface area contributed by atoms with E-state index in [1.54, 1.807) is 6.92 Å². The minimum atomic E-state index is -0.517. The predicted molar refractivity (Wildman–Crippen MR) is 75.9 cm³/mol. The third kappa shape index (κ3) is 2.52. The summed E-state index contributed by atoms with van der Waals surface area (Å²) >= 11 is 0. The van der Waals surface area contributed by atoms with E-state index in [2.05, 4.69) is 9.97 Å². The molecule has 1 atom stereocenters. The number of nitrogens with zero attached hydrogens (tertiary/aromatic N) is 2. The number of aromatic nitrogens is 2. The molecule has 0 fully saturated rings. The lowest BCUT2D eigenvalue weighted by Gasteiger charge is -2.11. The van der Waals surface area contributed by atoms with Gasteiger partial charge < -0.3 is 15.2 Å². The van der Waals surface area contributed by atoms with Crippen molar-refractivity contribution in [1.29, 1.82) is 0 Å². The fourth-order valence-electron chi connectivity index (χ4n) is 2.26. The van der Waals surface area contributed by atoms with Crippen LogP contribution < -0.4 is 10.5 Å². The topological polar surface area (TPSA) is 87.3 Å². The van der Waals surface area contributed by atoms with Crippen molar-refractivity contribution in [1.82, 2.24) is 9.97 Å². The molecule has 6 heteroatoms. The van der Waals surface area contributed by atoms with Gasteiger partial charge in [0.05, 0.1) is 6.61 Å². The molecule has 0 spiro atoms. The zero-order valence-corrected chi connectivity index (χ0v) is 11.6. The number of benzene rings is 1. The van der Waals surface area contributed by atoms with E-state index in [-0.39, 0.29) is 24.1 Å². The first-order chi connectivity index (χ1) is 10.2. The highest BCUT2D eigenvalue weighted by molar-refractivity contribution is 5.93. The second-order valence-electron chi connectivity index (χ2n) is 4.67. The summed E-state index contributed by atoms with van der Waals surface area (Å²) in [6.07, 6.45) is 1.80. The fraction of sp³-hybridized carbons (Fsp3) is 0.267. The largest absolute Gasteiger partial charge is 0.482 e. The number of carbonyl (C=O) groups excluding carboxylic acids is 1. The van der Waals surface area contributed by atoms with Crippen LogP contribution in [-0.2, 0) is 11.2 Å². The van der Waals surface area contributed by atoms with Gasteiger partial charge in [0.1, 0.15) is 17.1 Å². The molecule has 0 aliphatic carbocycles. The van der Waals surface area contributed by atoms with Crippen molar-refractivity contribution in [2.24, 2.45) is 0 Å². The molecule has 1 aromatic heterocycles. The molecule has 2 aromatic rings. The molecule has 108 valence electrons. The Morgan fingerprint density at radius 1 is 1.48 bits per heavy atom. The Morgan fingerprint density at radius 3 is 3.00 bits per heavy atom. The molecule has 0 radical (unpaired) electrons. The minimum Gasteiger partial charge on any atom is -0.482 e. The number of para-hydroxylation sites is 1. The highest BCUT2D eigenvalue weighted by atomic mass is 16.5. The SMILES string of the molecule is CCOC(=O)c1cnc(C2Cc3ccccc3O2)nc1N. The highest BCUT2D eigenvalue weighted by Crippen LogP contribution is 2.35. The van der Waals surface area contributed by atoms with Crippen LogP contribution in [0.25, 0.3) is 0 Å². The Balaban J connectivity index is 1.82. The Morgan fingerprint density at radius 2 is 2.29 bits per heavy atom. The van der Waals surface area contributed by atoms with Crippen molar-refractivity contribution in [2.45, 2.75) is 19.4 Å². The predicted octanol–water partition coefficient (Wildman–Crippen LogP) is 1.91. The van der Waals surface area contributed by atoms with Crippen LogP contribution in [-0.4, -0.2) is 22.5 Å². The number of nitrogen functional groups attached to an aromatic ring is 1. The molecule has 0 amide bonds. The molecule has 1 aliphatic heterocycles. The molecule has 21 heavy (non-hydrogen) atoms. The number of esters is 1. The lowest BCUT2D eigenvalue weighted by molar-refractivity contribution is 0.0526. The van der Waals surface area contributed by atoms with Crippen LogP contribution in [0.2, 0.25) is 0 Å². The number of carbonyl (C=O) groups is 1. The Bertz CT molecular complexity index is 663. The van der Waals surface area contributed by atoms with Gasteiger partial charge in [-0.25, -0.2) is 14.8 Å². The maximum Gasteiger partial charge on any atom is 0.343 e. The number of hydrogen-bond donors (Lipinski definition) is 1. The van der Waals surface area contributed by atoms with Gasteiger partial charge in [-0.15, -0.1) is 0 Å². The summed E-state index contributed by atoms with van der Waals surface area (Å²) in [5.41, 5.74) is 7.11. The number of hydrogen-bond acceptors (Lipinski definition) is 6. The lowest BCUT2D eigenvalue weighted by Crippen LogP contribution is -2.15. The summed E-state index contributed by atoms with van der Waals surface area (Å²) in [6.45, 7) is 2.01. The summed E-state index contributed by atoms with van der Waals surface area (Å²) in [7, 11) is 0. The van der Waals surface area contributed by atoms with Crippen LogP contribution in [0, 0.1) is 0 Å². The van der Waals surface area contributed by atoms with Crippen molar-refractivity contribution in [3.8, 4) is 5.75 Å². The molecular formula is C15H15N3O3. The second kappa shape index (κ2) is 5.40. The van der Waals surface area contributed by atoms with E-state index in [0.29, 0.717) is 12.2 Å². The van der Waals surface area contributed by atoms with Gasteiger partial charge >= 0.3 is 5.97 Å². The van der Waals surface area contributed by atoms with Crippen molar-refractivity contribution < 1.29 is 14.3 Å². The van der Waals surface area contributed by atoms with E-state index in [1.165, 1.54) is 6.20 Å². The summed E-state index contributed by atoms with van der Waals surface area (Å²) in [4.78, 5) is 20.0. The van der Waals surface area contributed by atoms with E-state index in [9.17, 15) is 4.79 Å². The number of ether oxygens (including phenoxy) is 2. The third-order valence-corrected chi connectivity index (χ3v) is 3.27. The van der Waals surface area contributed by atoms with Gasteiger partial charge in [-0.05, 0) is 18.6 Å². The molecule has 0 saturated heterocycles. The first-order valence-electron chi connectivity index (χ1n) is 6.73. The van der Waals surface area contributed by atoms with Crippen LogP contribution in [0.4, 0.5) is 5.82 Å². The quantitative estimate of drug-likeness (QED) is 0.867. The average molecular weight is 285 g/mol. The lowest BCUT2D eigenvalue weighted by atomic mass is 10.1. The molecule has 1 aromatic carbocycles. The van der Waals surface area contributed by atoms with Crippen LogP contribution >= 0.6 is 0 Å². The van der Waals surface area contributed by atoms with E-state index in [1.807, 2.05) is 24.3 Å². The Hall–Kier alpha value is -2.63. The van der Waals surface area contributed by atoms with Crippen LogP contribution in [0.15, 0.2) is 30.5 Å². The first kappa shape index (κ1) is 13.4. The van der Waals surface area contributed by atoms with Crippen molar-refractivity contribution >= 4 is 11.8 Å². The first-order valence-corrected chi connectivity index (χ1v) is 6.73. The van der Waals surface area contributed by atoms with E-state index >= 15 is 0 Å². The van der Waals surface area contributed by atoms with Gasteiger partial charge in [0, 0.05) is 12.6 Å². The van der Waals surface area contributed by atoms with Gasteiger partial charge in [-0.1, -0.05) is 18.2 Å². The molecule has 0 bridgehead atoms. The van der Waals surface area contributed by atoms with Crippen LogP contribution in [0.3, 0.4) is 0 Å². The zero-order valence-electron chi connectivity index (χ0n) is 11.6. The summed E-state index contributed by atoms with van der Waals surface area (Å²) < 4.78 is 10.7. The molecular weight excluding hydrogens is 270 g/mol. The van der Waals surface area contributed by atoms with Gasteiger partial charge in [0.25, 0.3) is 0 Å². The average Bonchev–Trinajstić information content (AvgIpc) is 2.91. The monoisotopic (exact) mass is 285 g/mol. The van der Waals surface area contributed by atoms with Crippen molar-refractivity contribution in [3.05, 3.63) is 47.4 Å². The molecule has 3 rings (SSSR count). The normalized spacial score (nSPS) is 16.1. The smallest absolute Gasteiger partial charge is 0.343 e. The number of nitrogens with two attached hydrogens (primary N) is 1. The van der Waals surface area contributed by atoms with Gasteiger partial charge in [-0.2, -0.15) is 0 Å². The molecule has 6 nitrogen and oxygen atoms in total. The van der Waals surface area contributed by atoms with Crippen LogP contribution in [0.5, 0.6) is 5.75 Å². The maximum absolute atomic E-state index is 11.7. The molecule has 2 N–H and O–H groups in total. The van der Waals surface area contributed by atoms with Gasteiger partial charge in [-0.3, -0.25) is 0 Å². The zero-order chi connectivity index (χ0) is 14.8. The highest BCUT2D eigenvalue weighted by Gasteiger charge is 2.27. The third-order valence-electron chi connectivity index (χ3n) is 3.27. The van der Waals surface area contributed by atoms with Crippen LogP contribution in [0.1, 0.15) is 34.8 Å². The second-order valence-corrected chi connectivity index (χ2v) is 4.67. The summed E-state index contributed by atoms with van der Waals surface area (Å²) in [5, 5.41) is 0. The standard InChI is InChI=1S/C15H15N3O3/c1-2-20-15(19)10-8-17-14(18-13(10)16)12-7-9-5-3-4-6-11(9)21-12/h3-6,8,12H,2,7H2,1H3,(H2,16,17,18). The van der Waals surface area contributed by atoms with E-state index in [0.717, 1.165) is 11.3 Å². The fourth-order valence-corrected chi connectivity index (χ4v) is 2.26. The van der Waals surface area contributed by atoms with E-state index < -0.39 is 5.97 Å². The summed E-state index contributed by atoms with van der Waals surface area (Å²) in [6, 6.07) is 7.79. The van der Waals surface area contributed by atoms with Crippen molar-refractivity contribution in [3.63, 3.8) is 0 Å². The van der Waals surface area contributed by atoms with Gasteiger partial charge in [0.2, 0.25) is 0 Å². The minimum absolute atomic E-state index is 0.109. The Kier molecular flexibility index (Phi) is 3.43. The molecule has 0 saturated carbocycles. The summed E-state index contributed by atoms with van der Waals surface area (Å²) in [5.74, 6) is 0.895. The maximum atomic E-state index is 11.7. The number of rotatable bonds is 3. The number of anilines is 1.